The Labute approximate surface area is 110 Å². The van der Waals surface area contributed by atoms with Crippen molar-refractivity contribution in [2.45, 2.75) is 9.79 Å². The van der Waals surface area contributed by atoms with Crippen LogP contribution in [0.3, 0.4) is 0 Å². The predicted octanol–water partition coefficient (Wildman–Crippen LogP) is 2.48. The van der Waals surface area contributed by atoms with Crippen molar-refractivity contribution in [1.29, 1.82) is 0 Å². The van der Waals surface area contributed by atoms with E-state index in [1.807, 2.05) is 0 Å². The number of aromatic hydroxyl groups is 1. The summed E-state index contributed by atoms with van der Waals surface area (Å²) in [4.78, 5) is 0.113. The molecule has 0 saturated carbocycles. The van der Waals surface area contributed by atoms with Crippen molar-refractivity contribution in [2.24, 2.45) is 0 Å². The maximum atomic E-state index is 12.6. The van der Waals surface area contributed by atoms with Gasteiger partial charge in [0.2, 0.25) is 9.84 Å². The van der Waals surface area contributed by atoms with Crippen LogP contribution in [0.4, 0.5) is 0 Å². The lowest BCUT2D eigenvalue weighted by atomic mass is 10.4. The van der Waals surface area contributed by atoms with Gasteiger partial charge in [0.1, 0.15) is 4.90 Å². The van der Waals surface area contributed by atoms with Crippen LogP contribution in [-0.4, -0.2) is 17.9 Å². The fourth-order valence-electron chi connectivity index (χ4n) is 2.08. The number of hydrogen-bond acceptors (Lipinski definition) is 3. The van der Waals surface area contributed by atoms with Gasteiger partial charge in [0, 0.05) is 6.20 Å². The minimum atomic E-state index is -3.72. The molecule has 0 spiro atoms. The van der Waals surface area contributed by atoms with Gasteiger partial charge >= 0.3 is 0 Å². The quantitative estimate of drug-likeness (QED) is 0.780. The summed E-state index contributed by atoms with van der Waals surface area (Å²) < 4.78 is 26.7. The van der Waals surface area contributed by atoms with E-state index in [-0.39, 0.29) is 15.5 Å². The molecule has 0 amide bonds. The lowest BCUT2D eigenvalue weighted by Crippen LogP contribution is -2.01. The first kappa shape index (κ1) is 11.8. The molecule has 0 unspecified atom stereocenters. The monoisotopic (exact) mass is 273 g/mol. The molecule has 0 aliphatic rings. The highest BCUT2D eigenvalue weighted by Gasteiger charge is 2.25. The molecular weight excluding hydrogens is 262 g/mol. The van der Waals surface area contributed by atoms with Crippen LogP contribution in [0.5, 0.6) is 5.75 Å². The van der Waals surface area contributed by atoms with Gasteiger partial charge in [-0.3, -0.25) is 0 Å². The van der Waals surface area contributed by atoms with E-state index in [4.69, 9.17) is 0 Å². The van der Waals surface area contributed by atoms with E-state index < -0.39 is 9.84 Å². The largest absolute Gasteiger partial charge is 0.505 e. The van der Waals surface area contributed by atoms with Gasteiger partial charge in [-0.1, -0.05) is 24.3 Å². The van der Waals surface area contributed by atoms with E-state index in [1.165, 1.54) is 18.3 Å². The molecule has 0 bridgehead atoms. The maximum absolute atomic E-state index is 12.6. The molecule has 1 aromatic carbocycles. The van der Waals surface area contributed by atoms with Crippen molar-refractivity contribution in [3.05, 3.63) is 60.9 Å². The fraction of sp³-hybridized carbons (Fsp3) is 0. The Hall–Kier alpha value is -2.27. The van der Waals surface area contributed by atoms with E-state index in [0.717, 1.165) is 0 Å². The minimum Gasteiger partial charge on any atom is -0.505 e. The zero-order valence-electron chi connectivity index (χ0n) is 9.89. The van der Waals surface area contributed by atoms with Crippen molar-refractivity contribution in [3.63, 3.8) is 0 Å². The normalized spacial score (nSPS) is 11.8. The molecule has 19 heavy (non-hydrogen) atoms. The van der Waals surface area contributed by atoms with E-state index >= 15 is 0 Å². The standard InChI is InChI=1S/C14H11NO3S/c16-13-10-15-9-5-4-8-12(15)14(13)19(17,18)11-6-2-1-3-7-11/h1-10,16H. The van der Waals surface area contributed by atoms with Gasteiger partial charge in [0.15, 0.2) is 5.75 Å². The number of pyridine rings is 1. The predicted molar refractivity (Wildman–Crippen MR) is 71.0 cm³/mol. The Kier molecular flexibility index (Phi) is 2.57. The fourth-order valence-corrected chi connectivity index (χ4v) is 3.60. The van der Waals surface area contributed by atoms with Gasteiger partial charge in [-0.2, -0.15) is 0 Å². The molecule has 0 fully saturated rings. The van der Waals surface area contributed by atoms with Gasteiger partial charge in [-0.15, -0.1) is 0 Å². The third-order valence-corrected chi connectivity index (χ3v) is 4.79. The molecule has 0 atom stereocenters. The summed E-state index contributed by atoms with van der Waals surface area (Å²) in [6.45, 7) is 0. The Morgan fingerprint density at radius 3 is 2.37 bits per heavy atom. The van der Waals surface area contributed by atoms with Gasteiger partial charge < -0.3 is 9.51 Å². The van der Waals surface area contributed by atoms with Crippen molar-refractivity contribution in [3.8, 4) is 5.75 Å². The highest BCUT2D eigenvalue weighted by Crippen LogP contribution is 2.33. The number of fused-ring (bicyclic) bond motifs is 1. The Balaban J connectivity index is 2.34. The summed E-state index contributed by atoms with van der Waals surface area (Å²) in [6.07, 6.45) is 3.09. The highest BCUT2D eigenvalue weighted by atomic mass is 32.2. The molecule has 2 heterocycles. The van der Waals surface area contributed by atoms with Crippen LogP contribution in [0.25, 0.3) is 5.52 Å². The summed E-state index contributed by atoms with van der Waals surface area (Å²) in [5.41, 5.74) is 0.462. The van der Waals surface area contributed by atoms with Crippen molar-refractivity contribution in [1.82, 2.24) is 4.40 Å². The first-order chi connectivity index (χ1) is 9.10. The van der Waals surface area contributed by atoms with Gasteiger partial charge in [0.05, 0.1) is 16.6 Å². The summed E-state index contributed by atoms with van der Waals surface area (Å²) in [5.74, 6) is -0.241. The molecule has 0 aliphatic heterocycles. The molecule has 3 rings (SSSR count). The molecular formula is C14H11NO3S. The van der Waals surface area contributed by atoms with Crippen LogP contribution < -0.4 is 0 Å². The maximum Gasteiger partial charge on any atom is 0.212 e. The Bertz CT molecular complexity index is 836. The number of hydrogen-bond donors (Lipinski definition) is 1. The molecule has 1 N–H and O–H groups in total. The van der Waals surface area contributed by atoms with E-state index in [0.29, 0.717) is 5.52 Å². The average molecular weight is 273 g/mol. The molecule has 4 nitrogen and oxygen atoms in total. The van der Waals surface area contributed by atoms with Crippen LogP contribution >= 0.6 is 0 Å². The zero-order chi connectivity index (χ0) is 13.5. The average Bonchev–Trinajstić information content (AvgIpc) is 2.76. The van der Waals surface area contributed by atoms with E-state index in [2.05, 4.69) is 0 Å². The third kappa shape index (κ3) is 1.79. The Morgan fingerprint density at radius 2 is 1.63 bits per heavy atom. The Morgan fingerprint density at radius 1 is 0.947 bits per heavy atom. The lowest BCUT2D eigenvalue weighted by Gasteiger charge is -2.04. The lowest BCUT2D eigenvalue weighted by molar-refractivity contribution is 0.461. The summed E-state index contributed by atoms with van der Waals surface area (Å²) in [5, 5.41) is 9.93. The molecule has 2 aromatic heterocycles. The van der Waals surface area contributed by atoms with Crippen LogP contribution in [0.15, 0.2) is 70.7 Å². The van der Waals surface area contributed by atoms with Gasteiger partial charge in [-0.25, -0.2) is 8.42 Å². The number of benzene rings is 1. The van der Waals surface area contributed by atoms with Crippen LogP contribution in [-0.2, 0) is 9.84 Å². The first-order valence-electron chi connectivity index (χ1n) is 5.69. The molecule has 0 radical (unpaired) electrons. The SMILES string of the molecule is O=S(=O)(c1ccccc1)c1c(O)cn2ccccc12. The topological polar surface area (TPSA) is 58.8 Å². The summed E-state index contributed by atoms with van der Waals surface area (Å²) >= 11 is 0. The second-order valence-electron chi connectivity index (χ2n) is 4.15. The molecule has 96 valence electrons. The molecule has 3 aromatic rings. The van der Waals surface area contributed by atoms with Crippen LogP contribution in [0.1, 0.15) is 0 Å². The summed E-state index contributed by atoms with van der Waals surface area (Å²) in [6, 6.07) is 13.3. The van der Waals surface area contributed by atoms with E-state index in [1.54, 1.807) is 47.0 Å². The van der Waals surface area contributed by atoms with Gasteiger partial charge in [-0.05, 0) is 24.3 Å². The molecule has 0 saturated heterocycles. The summed E-state index contributed by atoms with van der Waals surface area (Å²) in [7, 11) is -3.72. The number of rotatable bonds is 2. The third-order valence-electron chi connectivity index (χ3n) is 2.94. The minimum absolute atomic E-state index is 0.0562. The smallest absolute Gasteiger partial charge is 0.212 e. The second-order valence-corrected chi connectivity index (χ2v) is 6.04. The first-order valence-corrected chi connectivity index (χ1v) is 7.18. The van der Waals surface area contributed by atoms with Crippen LogP contribution in [0.2, 0.25) is 0 Å². The number of sulfone groups is 1. The molecule has 5 heteroatoms. The zero-order valence-corrected chi connectivity index (χ0v) is 10.7. The van der Waals surface area contributed by atoms with Gasteiger partial charge in [0.25, 0.3) is 0 Å². The van der Waals surface area contributed by atoms with E-state index in [9.17, 15) is 13.5 Å². The second kappa shape index (κ2) is 4.13. The molecule has 0 aliphatic carbocycles. The van der Waals surface area contributed by atoms with Crippen molar-refractivity contribution < 1.29 is 13.5 Å². The van der Waals surface area contributed by atoms with Crippen molar-refractivity contribution in [2.75, 3.05) is 0 Å². The van der Waals surface area contributed by atoms with Crippen LogP contribution in [0, 0.1) is 0 Å². The number of aromatic nitrogens is 1. The van der Waals surface area contributed by atoms with Crippen molar-refractivity contribution >= 4 is 15.4 Å². The number of nitrogens with zero attached hydrogens (tertiary/aromatic N) is 1. The highest BCUT2D eigenvalue weighted by molar-refractivity contribution is 7.91.